The first-order chi connectivity index (χ1) is 35.7. The number of nitrogens with two attached hydrogens (primary N) is 1. The highest BCUT2D eigenvalue weighted by molar-refractivity contribution is 6.05. The standard InChI is InChI=1S/C50H78N8O15/c1-3-10-58(11-7-43-38-57(4-2)50(63)55-43)49(62)41-32-40-6-5-39(33-44(40)56-45(51)34-41)42-35-52-46(53-36-42)37-54-47(59)8-12-64-14-16-66-18-20-68-22-24-70-26-28-72-30-31-73-29-27-71-25-23-69-21-19-67-17-15-65-13-9-48(60)61/h5-6,32-33,35-36,43H,3-4,7-31,34,37-38H2,1-2H3,(H2,51,56)(H,54,59)(H,55,63)(H,60,61). The van der Waals surface area contributed by atoms with Gasteiger partial charge in [0.1, 0.15) is 11.7 Å². The number of nitrogens with one attached hydrogen (secondary N) is 2. The number of nitrogens with zero attached hydrogens (tertiary/aromatic N) is 5. The zero-order chi connectivity index (χ0) is 52.1. The van der Waals surface area contributed by atoms with Crippen LogP contribution < -0.4 is 16.4 Å². The fourth-order valence-corrected chi connectivity index (χ4v) is 7.17. The molecule has 0 bridgehead atoms. The smallest absolute Gasteiger partial charge is 0.317 e. The summed E-state index contributed by atoms with van der Waals surface area (Å²) >= 11 is 0. The third kappa shape index (κ3) is 26.0. The maximum Gasteiger partial charge on any atom is 0.317 e. The summed E-state index contributed by atoms with van der Waals surface area (Å²) in [5, 5.41) is 14.4. The van der Waals surface area contributed by atoms with E-state index in [2.05, 4.69) is 25.6 Å². The minimum Gasteiger partial charge on any atom is -0.481 e. The van der Waals surface area contributed by atoms with Crippen LogP contribution in [0.25, 0.3) is 17.2 Å². The number of carbonyl (C=O) groups excluding carboxylic acids is 3. The van der Waals surface area contributed by atoms with Gasteiger partial charge in [0.05, 0.1) is 151 Å². The van der Waals surface area contributed by atoms with E-state index in [1.807, 2.05) is 43.0 Å². The van der Waals surface area contributed by atoms with Crippen molar-refractivity contribution in [3.8, 4) is 11.1 Å². The molecule has 23 nitrogen and oxygen atoms in total. The van der Waals surface area contributed by atoms with Gasteiger partial charge >= 0.3 is 12.0 Å². The third-order valence-electron chi connectivity index (χ3n) is 11.0. The van der Waals surface area contributed by atoms with E-state index in [9.17, 15) is 19.2 Å². The number of aromatic nitrogens is 2. The van der Waals surface area contributed by atoms with E-state index in [4.69, 9.17) is 58.2 Å². The second-order valence-electron chi connectivity index (χ2n) is 16.7. The van der Waals surface area contributed by atoms with Crippen LogP contribution in [-0.4, -0.2) is 219 Å². The molecule has 0 radical (unpaired) electrons. The SMILES string of the molecule is CCCN(CCC1CN(CC)C(=O)N1)C(=O)C1=Cc2ccc(-c3cnc(CNC(=O)CCOCCOCCOCCOCCOCCOCCOCCOCCOCCOCCC(=O)O)nc3)cc2N=C(N)C1. The number of carboxylic acid groups (broad SMARTS) is 1. The van der Waals surface area contributed by atoms with E-state index in [1.54, 1.807) is 17.3 Å². The molecule has 2 aliphatic heterocycles. The molecule has 4 rings (SSSR count). The summed E-state index contributed by atoms with van der Waals surface area (Å²) in [4.78, 5) is 65.9. The van der Waals surface area contributed by atoms with Crippen LogP contribution in [0.5, 0.6) is 0 Å². The summed E-state index contributed by atoms with van der Waals surface area (Å²) in [6.07, 6.45) is 7.11. The van der Waals surface area contributed by atoms with Crippen LogP contribution in [0, 0.1) is 0 Å². The lowest BCUT2D eigenvalue weighted by atomic mass is 10.0. The average Bonchev–Trinajstić information content (AvgIpc) is 3.66. The first-order valence-electron chi connectivity index (χ1n) is 25.3. The van der Waals surface area contributed by atoms with Gasteiger partial charge in [-0.15, -0.1) is 0 Å². The van der Waals surface area contributed by atoms with Crippen LogP contribution in [-0.2, 0) is 68.3 Å². The number of aliphatic carboxylic acids is 1. The molecule has 0 saturated carbocycles. The number of fused-ring (bicyclic) bond motifs is 1. The van der Waals surface area contributed by atoms with Gasteiger partial charge in [-0.05, 0) is 37.5 Å². The van der Waals surface area contributed by atoms with Gasteiger partial charge in [0.15, 0.2) is 0 Å². The fourth-order valence-electron chi connectivity index (χ4n) is 7.17. The highest BCUT2D eigenvalue weighted by atomic mass is 16.6. The Labute approximate surface area is 428 Å². The van der Waals surface area contributed by atoms with Crippen LogP contribution in [0.3, 0.4) is 0 Å². The Morgan fingerprint density at radius 3 is 1.67 bits per heavy atom. The summed E-state index contributed by atoms with van der Waals surface area (Å²) in [5.74, 6) is -0.358. The highest BCUT2D eigenvalue weighted by Gasteiger charge is 2.29. The molecule has 5 N–H and O–H groups in total. The van der Waals surface area contributed by atoms with Crippen LogP contribution in [0.2, 0.25) is 0 Å². The van der Waals surface area contributed by atoms with Crippen molar-refractivity contribution >= 4 is 41.4 Å². The van der Waals surface area contributed by atoms with Crippen molar-refractivity contribution in [2.24, 2.45) is 10.7 Å². The second kappa shape index (κ2) is 37.5. The van der Waals surface area contributed by atoms with Crippen molar-refractivity contribution < 1.29 is 71.7 Å². The van der Waals surface area contributed by atoms with E-state index in [0.717, 1.165) is 23.1 Å². The number of benzene rings is 1. The summed E-state index contributed by atoms with van der Waals surface area (Å²) in [6.45, 7) is 14.7. The zero-order valence-corrected chi connectivity index (χ0v) is 42.7. The molecule has 1 fully saturated rings. The molecule has 2 aliphatic rings. The molecule has 73 heavy (non-hydrogen) atoms. The number of amidine groups is 1. The number of likely N-dealkylation sites (N-methyl/N-ethyl adjacent to an activating group) is 1. The second-order valence-corrected chi connectivity index (χ2v) is 16.7. The van der Waals surface area contributed by atoms with Crippen molar-refractivity contribution in [2.75, 3.05) is 158 Å². The third-order valence-corrected chi connectivity index (χ3v) is 11.0. The number of amides is 4. The quantitative estimate of drug-likeness (QED) is 0.0695. The molecule has 2 aromatic rings. The minimum absolute atomic E-state index is 0.00111. The van der Waals surface area contributed by atoms with Gasteiger partial charge in [-0.2, -0.15) is 0 Å². The van der Waals surface area contributed by atoms with E-state index in [1.165, 1.54) is 0 Å². The Morgan fingerprint density at radius 2 is 1.21 bits per heavy atom. The highest BCUT2D eigenvalue weighted by Crippen LogP contribution is 2.32. The first kappa shape index (κ1) is 60.3. The van der Waals surface area contributed by atoms with Crippen molar-refractivity contribution in [3.05, 3.63) is 47.6 Å². The van der Waals surface area contributed by atoms with Crippen LogP contribution in [0.15, 0.2) is 41.2 Å². The lowest BCUT2D eigenvalue weighted by Crippen LogP contribution is -2.38. The summed E-state index contributed by atoms with van der Waals surface area (Å²) < 4.78 is 54.4. The van der Waals surface area contributed by atoms with E-state index < -0.39 is 5.97 Å². The predicted molar refractivity (Wildman–Crippen MR) is 269 cm³/mol. The largest absolute Gasteiger partial charge is 0.481 e. The number of rotatable bonds is 43. The van der Waals surface area contributed by atoms with Crippen LogP contribution in [0.1, 0.15) is 57.3 Å². The molecule has 23 heteroatoms. The molecule has 1 aromatic heterocycles. The number of carboxylic acids is 1. The molecule has 1 saturated heterocycles. The molecular formula is C50H78N8O15. The minimum atomic E-state index is -0.885. The maximum absolute atomic E-state index is 13.8. The normalized spacial score (nSPS) is 14.4. The number of aliphatic imine (C=N–C) groups is 1. The Balaban J connectivity index is 0.936. The molecule has 3 heterocycles. The monoisotopic (exact) mass is 1030 g/mol. The van der Waals surface area contributed by atoms with Gasteiger partial charge in [-0.3, -0.25) is 14.4 Å². The molecule has 1 aromatic carbocycles. The number of urea groups is 1. The van der Waals surface area contributed by atoms with Gasteiger partial charge in [0, 0.05) is 74.2 Å². The lowest BCUT2D eigenvalue weighted by Gasteiger charge is -2.25. The molecular weight excluding hydrogens is 953 g/mol. The zero-order valence-electron chi connectivity index (χ0n) is 42.7. The number of ether oxygens (including phenoxy) is 10. The summed E-state index contributed by atoms with van der Waals surface area (Å²) in [5.41, 5.74) is 9.93. The van der Waals surface area contributed by atoms with Crippen molar-refractivity contribution in [1.29, 1.82) is 0 Å². The average molecular weight is 1030 g/mol. The van der Waals surface area contributed by atoms with Crippen molar-refractivity contribution in [1.82, 2.24) is 30.4 Å². The Morgan fingerprint density at radius 1 is 0.712 bits per heavy atom. The topological polar surface area (TPSA) is 276 Å². The molecule has 1 atom stereocenters. The van der Waals surface area contributed by atoms with E-state index in [-0.39, 0.29) is 62.9 Å². The summed E-state index contributed by atoms with van der Waals surface area (Å²) in [7, 11) is 0. The molecule has 0 aliphatic carbocycles. The number of hydrogen-bond donors (Lipinski definition) is 4. The fraction of sp³-hybridized carbons (Fsp3) is 0.660. The van der Waals surface area contributed by atoms with Gasteiger partial charge in [0.25, 0.3) is 0 Å². The van der Waals surface area contributed by atoms with E-state index >= 15 is 0 Å². The molecule has 1 unspecified atom stereocenters. The maximum atomic E-state index is 13.8. The number of carbonyl (C=O) groups is 4. The van der Waals surface area contributed by atoms with Gasteiger partial charge in [-0.1, -0.05) is 19.1 Å². The predicted octanol–water partition coefficient (Wildman–Crippen LogP) is 2.61. The molecule has 0 spiro atoms. The first-order valence-corrected chi connectivity index (χ1v) is 25.3. The van der Waals surface area contributed by atoms with Gasteiger partial charge in [-0.25, -0.2) is 19.8 Å². The van der Waals surface area contributed by atoms with Gasteiger partial charge in [0.2, 0.25) is 11.8 Å². The Bertz CT molecular complexity index is 1960. The van der Waals surface area contributed by atoms with Crippen molar-refractivity contribution in [2.45, 2.75) is 58.5 Å². The van der Waals surface area contributed by atoms with Crippen LogP contribution >= 0.6 is 0 Å². The van der Waals surface area contributed by atoms with E-state index in [0.29, 0.717) is 174 Å². The van der Waals surface area contributed by atoms with Crippen molar-refractivity contribution in [3.63, 3.8) is 0 Å². The Hall–Kier alpha value is -5.21. The molecule has 4 amide bonds. The van der Waals surface area contributed by atoms with Crippen LogP contribution in [0.4, 0.5) is 10.5 Å². The molecule has 408 valence electrons. The van der Waals surface area contributed by atoms with Gasteiger partial charge < -0.3 is 78.6 Å². The number of hydrogen-bond acceptors (Lipinski definition) is 18. The summed E-state index contributed by atoms with van der Waals surface area (Å²) in [6, 6.07) is 5.67. The Kier molecular flexibility index (Phi) is 31.0. The lowest BCUT2D eigenvalue weighted by molar-refractivity contribution is -0.138.